The van der Waals surface area contributed by atoms with E-state index in [4.69, 9.17) is 0 Å². The fourth-order valence-electron chi connectivity index (χ4n) is 1.55. The van der Waals surface area contributed by atoms with Crippen LogP contribution in [0.3, 0.4) is 0 Å². The molecule has 0 bridgehead atoms. The van der Waals surface area contributed by atoms with Gasteiger partial charge in [0.25, 0.3) is 0 Å². The molecule has 0 aliphatic heterocycles. The highest BCUT2D eigenvalue weighted by molar-refractivity contribution is 7.89. The highest BCUT2D eigenvalue weighted by atomic mass is 32.2. The van der Waals surface area contributed by atoms with Crippen molar-refractivity contribution in [1.82, 2.24) is 10.0 Å². The van der Waals surface area contributed by atoms with Crippen molar-refractivity contribution < 1.29 is 8.42 Å². The maximum Gasteiger partial charge on any atom is 0.211 e. The summed E-state index contributed by atoms with van der Waals surface area (Å²) in [5.74, 6) is 0.220. The van der Waals surface area contributed by atoms with Crippen LogP contribution in [0.4, 0.5) is 0 Å². The zero-order valence-corrected chi connectivity index (χ0v) is 11.6. The van der Waals surface area contributed by atoms with Crippen LogP contribution in [0.25, 0.3) is 0 Å². The standard InChI is InChI=1S/C11H26N2O2S/c1-4-7-11(3)13-16(14,15)10-6-9-12-8-5-2/h11-13H,4-10H2,1-3H3. The Balaban J connectivity index is 3.70. The second-order valence-corrected chi connectivity index (χ2v) is 6.10. The molecule has 0 aromatic rings. The lowest BCUT2D eigenvalue weighted by atomic mass is 10.2. The summed E-state index contributed by atoms with van der Waals surface area (Å²) in [7, 11) is -3.08. The fraction of sp³-hybridized carbons (Fsp3) is 1.00. The van der Waals surface area contributed by atoms with Gasteiger partial charge in [-0.15, -0.1) is 0 Å². The molecule has 0 amide bonds. The molecule has 0 fully saturated rings. The Bertz CT molecular complexity index is 253. The summed E-state index contributed by atoms with van der Waals surface area (Å²) < 4.78 is 25.9. The molecular weight excluding hydrogens is 224 g/mol. The predicted molar refractivity (Wildman–Crippen MR) is 69.1 cm³/mol. The summed E-state index contributed by atoms with van der Waals surface area (Å²) >= 11 is 0. The van der Waals surface area contributed by atoms with Crippen molar-refractivity contribution in [1.29, 1.82) is 0 Å². The third-order valence-corrected chi connectivity index (χ3v) is 3.88. The molecule has 0 rings (SSSR count). The topological polar surface area (TPSA) is 58.2 Å². The van der Waals surface area contributed by atoms with Gasteiger partial charge in [-0.1, -0.05) is 20.3 Å². The van der Waals surface area contributed by atoms with Gasteiger partial charge in [0.05, 0.1) is 5.75 Å². The van der Waals surface area contributed by atoms with Crippen molar-refractivity contribution in [2.45, 2.75) is 52.5 Å². The Hall–Kier alpha value is -0.130. The second kappa shape index (κ2) is 8.96. The van der Waals surface area contributed by atoms with Crippen LogP contribution in [0, 0.1) is 0 Å². The number of sulfonamides is 1. The van der Waals surface area contributed by atoms with Gasteiger partial charge < -0.3 is 5.32 Å². The van der Waals surface area contributed by atoms with Crippen LogP contribution in [0.15, 0.2) is 0 Å². The van der Waals surface area contributed by atoms with E-state index in [0.717, 1.165) is 32.4 Å². The van der Waals surface area contributed by atoms with Crippen LogP contribution < -0.4 is 10.0 Å². The molecule has 2 N–H and O–H groups in total. The summed E-state index contributed by atoms with van der Waals surface area (Å²) in [6, 6.07) is 0.0543. The molecule has 0 saturated carbocycles. The highest BCUT2D eigenvalue weighted by Gasteiger charge is 2.12. The molecule has 0 radical (unpaired) electrons. The molecular formula is C11H26N2O2S. The van der Waals surface area contributed by atoms with Gasteiger partial charge in [0.15, 0.2) is 0 Å². The van der Waals surface area contributed by atoms with E-state index in [1.165, 1.54) is 0 Å². The Morgan fingerprint density at radius 1 is 1.12 bits per heavy atom. The molecule has 0 saturated heterocycles. The fourth-order valence-corrected chi connectivity index (χ4v) is 2.92. The van der Waals surface area contributed by atoms with Gasteiger partial charge in [0.2, 0.25) is 10.0 Å². The van der Waals surface area contributed by atoms with E-state index in [1.54, 1.807) is 0 Å². The molecule has 0 spiro atoms. The summed E-state index contributed by atoms with van der Waals surface area (Å²) in [6.07, 6.45) is 3.65. The maximum atomic E-state index is 11.6. The van der Waals surface area contributed by atoms with Crippen molar-refractivity contribution in [3.8, 4) is 0 Å². The van der Waals surface area contributed by atoms with Crippen molar-refractivity contribution in [2.24, 2.45) is 0 Å². The molecule has 98 valence electrons. The van der Waals surface area contributed by atoms with E-state index < -0.39 is 10.0 Å². The maximum absolute atomic E-state index is 11.6. The Kier molecular flexibility index (Phi) is 8.89. The number of hydrogen-bond acceptors (Lipinski definition) is 3. The highest BCUT2D eigenvalue weighted by Crippen LogP contribution is 1.98. The lowest BCUT2D eigenvalue weighted by Crippen LogP contribution is -2.35. The van der Waals surface area contributed by atoms with E-state index in [2.05, 4.69) is 23.9 Å². The Morgan fingerprint density at radius 3 is 2.38 bits per heavy atom. The van der Waals surface area contributed by atoms with Gasteiger partial charge in [0.1, 0.15) is 0 Å². The zero-order valence-electron chi connectivity index (χ0n) is 10.8. The van der Waals surface area contributed by atoms with E-state index in [0.29, 0.717) is 6.42 Å². The SMILES string of the molecule is CCCNCCCS(=O)(=O)NC(C)CCC. The van der Waals surface area contributed by atoms with Gasteiger partial charge >= 0.3 is 0 Å². The largest absolute Gasteiger partial charge is 0.317 e. The lowest BCUT2D eigenvalue weighted by molar-refractivity contribution is 0.540. The van der Waals surface area contributed by atoms with Crippen LogP contribution in [0.5, 0.6) is 0 Å². The number of hydrogen-bond donors (Lipinski definition) is 2. The first-order valence-corrected chi connectivity index (χ1v) is 7.87. The molecule has 0 aliphatic carbocycles. The average Bonchev–Trinajstić information content (AvgIpc) is 2.16. The zero-order chi connectivity index (χ0) is 12.4. The van der Waals surface area contributed by atoms with Gasteiger partial charge in [-0.3, -0.25) is 0 Å². The third-order valence-electron chi connectivity index (χ3n) is 2.30. The van der Waals surface area contributed by atoms with Crippen molar-refractivity contribution in [3.05, 3.63) is 0 Å². The molecule has 1 atom stereocenters. The van der Waals surface area contributed by atoms with Crippen LogP contribution in [-0.2, 0) is 10.0 Å². The minimum Gasteiger partial charge on any atom is -0.317 e. The summed E-state index contributed by atoms with van der Waals surface area (Å²) in [4.78, 5) is 0. The number of rotatable bonds is 10. The minimum absolute atomic E-state index is 0.0543. The first-order chi connectivity index (χ1) is 7.52. The van der Waals surface area contributed by atoms with Gasteiger partial charge in [-0.25, -0.2) is 13.1 Å². The predicted octanol–water partition coefficient (Wildman–Crippen LogP) is 1.48. The monoisotopic (exact) mass is 250 g/mol. The van der Waals surface area contributed by atoms with E-state index in [9.17, 15) is 8.42 Å². The van der Waals surface area contributed by atoms with E-state index in [-0.39, 0.29) is 11.8 Å². The molecule has 0 aromatic carbocycles. The van der Waals surface area contributed by atoms with Crippen LogP contribution in [0.2, 0.25) is 0 Å². The van der Waals surface area contributed by atoms with Crippen molar-refractivity contribution >= 4 is 10.0 Å². The molecule has 0 aromatic heterocycles. The third kappa shape index (κ3) is 9.12. The van der Waals surface area contributed by atoms with Crippen molar-refractivity contribution in [3.63, 3.8) is 0 Å². The minimum atomic E-state index is -3.08. The van der Waals surface area contributed by atoms with E-state index in [1.807, 2.05) is 6.92 Å². The smallest absolute Gasteiger partial charge is 0.211 e. The van der Waals surface area contributed by atoms with Gasteiger partial charge in [-0.05, 0) is 39.3 Å². The first kappa shape index (κ1) is 15.9. The lowest BCUT2D eigenvalue weighted by Gasteiger charge is -2.13. The normalized spacial score (nSPS) is 13.9. The average molecular weight is 250 g/mol. The van der Waals surface area contributed by atoms with E-state index >= 15 is 0 Å². The van der Waals surface area contributed by atoms with Crippen LogP contribution >= 0.6 is 0 Å². The number of nitrogens with one attached hydrogen (secondary N) is 2. The molecule has 4 nitrogen and oxygen atoms in total. The van der Waals surface area contributed by atoms with Crippen LogP contribution in [0.1, 0.15) is 46.5 Å². The van der Waals surface area contributed by atoms with Gasteiger partial charge in [-0.2, -0.15) is 0 Å². The summed E-state index contributed by atoms with van der Waals surface area (Å²) in [5.41, 5.74) is 0. The summed E-state index contributed by atoms with van der Waals surface area (Å²) in [6.45, 7) is 7.80. The summed E-state index contributed by atoms with van der Waals surface area (Å²) in [5, 5.41) is 3.19. The first-order valence-electron chi connectivity index (χ1n) is 6.22. The van der Waals surface area contributed by atoms with Crippen LogP contribution in [-0.4, -0.2) is 33.3 Å². The molecule has 0 aliphatic rings. The molecule has 0 heterocycles. The molecule has 16 heavy (non-hydrogen) atoms. The Labute approximate surface area is 100 Å². The quantitative estimate of drug-likeness (QED) is 0.577. The Morgan fingerprint density at radius 2 is 1.81 bits per heavy atom. The molecule has 5 heteroatoms. The van der Waals surface area contributed by atoms with Crippen molar-refractivity contribution in [2.75, 3.05) is 18.8 Å². The second-order valence-electron chi connectivity index (χ2n) is 4.23. The van der Waals surface area contributed by atoms with Gasteiger partial charge in [0, 0.05) is 6.04 Å². The molecule has 1 unspecified atom stereocenters.